The molecule has 0 aliphatic heterocycles. The first-order chi connectivity index (χ1) is 13.4. The van der Waals surface area contributed by atoms with E-state index in [4.69, 9.17) is 5.11 Å². The van der Waals surface area contributed by atoms with E-state index in [-0.39, 0.29) is 11.5 Å². The van der Waals surface area contributed by atoms with Gasteiger partial charge in [0.15, 0.2) is 11.5 Å². The van der Waals surface area contributed by atoms with Gasteiger partial charge in [-0.2, -0.15) is 0 Å². The minimum absolute atomic E-state index is 0.136. The van der Waals surface area contributed by atoms with Gasteiger partial charge in [0, 0.05) is 0 Å². The molecule has 6 nitrogen and oxygen atoms in total. The van der Waals surface area contributed by atoms with Gasteiger partial charge in [-0.05, 0) is 89.5 Å². The van der Waals surface area contributed by atoms with Gasteiger partial charge >= 0.3 is 11.9 Å². The van der Waals surface area contributed by atoms with E-state index in [1.165, 1.54) is 0 Å². The van der Waals surface area contributed by atoms with Crippen molar-refractivity contribution in [2.75, 3.05) is 0 Å². The predicted molar refractivity (Wildman–Crippen MR) is 112 cm³/mol. The molecule has 0 atom stereocenters. The fourth-order valence-electron chi connectivity index (χ4n) is 3.28. The lowest BCUT2D eigenvalue weighted by molar-refractivity contribution is -0.148. The SMILES string of the molecule is CC(C)(CCCCCc1cc(O)c(O)cc1CCCCC(C)(C)C(=O)O)C(=O)O. The Hall–Kier alpha value is -2.24. The quantitative estimate of drug-likeness (QED) is 0.265. The second-order valence-corrected chi connectivity index (χ2v) is 9.26. The van der Waals surface area contributed by atoms with Crippen LogP contribution in [0, 0.1) is 10.8 Å². The lowest BCUT2D eigenvalue weighted by Crippen LogP contribution is -2.23. The molecule has 0 aliphatic rings. The summed E-state index contributed by atoms with van der Waals surface area (Å²) in [7, 11) is 0. The number of aryl methyl sites for hydroxylation is 2. The molecule has 0 unspecified atom stereocenters. The zero-order chi connectivity index (χ0) is 22.2. The molecule has 6 heteroatoms. The van der Waals surface area contributed by atoms with Gasteiger partial charge in [-0.3, -0.25) is 9.59 Å². The Morgan fingerprint density at radius 1 is 0.690 bits per heavy atom. The van der Waals surface area contributed by atoms with Crippen LogP contribution in [0.1, 0.15) is 83.8 Å². The van der Waals surface area contributed by atoms with E-state index in [0.717, 1.165) is 49.7 Å². The number of rotatable bonds is 13. The topological polar surface area (TPSA) is 115 Å². The van der Waals surface area contributed by atoms with Gasteiger partial charge in [0.05, 0.1) is 10.8 Å². The summed E-state index contributed by atoms with van der Waals surface area (Å²) in [5.41, 5.74) is 0.490. The van der Waals surface area contributed by atoms with Crippen molar-refractivity contribution in [1.82, 2.24) is 0 Å². The molecule has 0 saturated heterocycles. The zero-order valence-electron chi connectivity index (χ0n) is 18.1. The third-order valence-electron chi connectivity index (χ3n) is 5.70. The van der Waals surface area contributed by atoms with Gasteiger partial charge in [0.2, 0.25) is 0 Å². The lowest BCUT2D eigenvalue weighted by Gasteiger charge is -2.19. The molecule has 1 aromatic rings. The van der Waals surface area contributed by atoms with Crippen LogP contribution in [-0.2, 0) is 22.4 Å². The number of hydrogen-bond donors (Lipinski definition) is 4. The molecule has 1 rings (SSSR count). The Kier molecular flexibility index (Phi) is 8.99. The number of unbranched alkanes of at least 4 members (excludes halogenated alkanes) is 3. The summed E-state index contributed by atoms with van der Waals surface area (Å²) in [4.78, 5) is 22.4. The van der Waals surface area contributed by atoms with Crippen molar-refractivity contribution in [3.05, 3.63) is 23.3 Å². The van der Waals surface area contributed by atoms with Crippen LogP contribution in [0.3, 0.4) is 0 Å². The maximum Gasteiger partial charge on any atom is 0.309 e. The summed E-state index contributed by atoms with van der Waals surface area (Å²) in [5.74, 6) is -1.86. The monoisotopic (exact) mass is 408 g/mol. The van der Waals surface area contributed by atoms with Gasteiger partial charge < -0.3 is 20.4 Å². The number of aromatic hydroxyl groups is 2. The highest BCUT2D eigenvalue weighted by atomic mass is 16.4. The van der Waals surface area contributed by atoms with Crippen molar-refractivity contribution in [3.8, 4) is 11.5 Å². The first-order valence-corrected chi connectivity index (χ1v) is 10.4. The number of hydrogen-bond acceptors (Lipinski definition) is 4. The molecule has 0 spiro atoms. The molecule has 0 heterocycles. The maximum absolute atomic E-state index is 11.2. The second kappa shape index (κ2) is 10.5. The summed E-state index contributed by atoms with van der Waals surface area (Å²) < 4.78 is 0. The van der Waals surface area contributed by atoms with E-state index >= 15 is 0 Å². The van der Waals surface area contributed by atoms with Crippen LogP contribution < -0.4 is 0 Å². The molecule has 0 radical (unpaired) electrons. The average molecular weight is 409 g/mol. The average Bonchev–Trinajstić information content (AvgIpc) is 2.61. The molecule has 0 amide bonds. The molecule has 0 bridgehead atoms. The molecule has 1 aromatic carbocycles. The number of phenols is 2. The first-order valence-electron chi connectivity index (χ1n) is 10.4. The van der Waals surface area contributed by atoms with Crippen molar-refractivity contribution in [1.29, 1.82) is 0 Å². The van der Waals surface area contributed by atoms with E-state index in [0.29, 0.717) is 19.3 Å². The van der Waals surface area contributed by atoms with Crippen molar-refractivity contribution in [2.24, 2.45) is 10.8 Å². The normalized spacial score (nSPS) is 12.1. The fraction of sp³-hybridized carbons (Fsp3) is 0.652. The Labute approximate surface area is 173 Å². The van der Waals surface area contributed by atoms with Crippen molar-refractivity contribution >= 4 is 11.9 Å². The summed E-state index contributed by atoms with van der Waals surface area (Å²) in [6.45, 7) is 6.91. The van der Waals surface area contributed by atoms with Gasteiger partial charge in [0.1, 0.15) is 0 Å². The molecule has 0 fully saturated rings. The van der Waals surface area contributed by atoms with Crippen molar-refractivity contribution < 1.29 is 30.0 Å². The largest absolute Gasteiger partial charge is 0.504 e. The van der Waals surface area contributed by atoms with Gasteiger partial charge in [-0.15, -0.1) is 0 Å². The highest BCUT2D eigenvalue weighted by Crippen LogP contribution is 2.31. The molecule has 4 N–H and O–H groups in total. The summed E-state index contributed by atoms with van der Waals surface area (Å²) >= 11 is 0. The fourth-order valence-corrected chi connectivity index (χ4v) is 3.28. The molecule has 0 aliphatic carbocycles. The van der Waals surface area contributed by atoms with Crippen LogP contribution in [0.25, 0.3) is 0 Å². The predicted octanol–water partition coefficient (Wildman–Crippen LogP) is 5.14. The summed E-state index contributed by atoms with van der Waals surface area (Å²) in [5, 5.41) is 38.1. The third kappa shape index (κ3) is 7.95. The van der Waals surface area contributed by atoms with Crippen molar-refractivity contribution in [2.45, 2.75) is 85.5 Å². The smallest absolute Gasteiger partial charge is 0.309 e. The van der Waals surface area contributed by atoms with Crippen molar-refractivity contribution in [3.63, 3.8) is 0 Å². The summed E-state index contributed by atoms with van der Waals surface area (Å²) in [6.07, 6.45) is 6.83. The van der Waals surface area contributed by atoms with E-state index in [2.05, 4.69) is 0 Å². The number of benzene rings is 1. The number of phenolic OH excluding ortho intramolecular Hbond substituents is 2. The molecule has 29 heavy (non-hydrogen) atoms. The van der Waals surface area contributed by atoms with Crippen LogP contribution in [0.2, 0.25) is 0 Å². The van der Waals surface area contributed by atoms with E-state index in [1.807, 2.05) is 0 Å². The Morgan fingerprint density at radius 3 is 1.41 bits per heavy atom. The highest BCUT2D eigenvalue weighted by molar-refractivity contribution is 5.73. The minimum Gasteiger partial charge on any atom is -0.504 e. The second-order valence-electron chi connectivity index (χ2n) is 9.26. The lowest BCUT2D eigenvalue weighted by atomic mass is 9.86. The van der Waals surface area contributed by atoms with Crippen LogP contribution >= 0.6 is 0 Å². The van der Waals surface area contributed by atoms with Crippen LogP contribution in [0.15, 0.2) is 12.1 Å². The highest BCUT2D eigenvalue weighted by Gasteiger charge is 2.26. The zero-order valence-corrected chi connectivity index (χ0v) is 18.1. The minimum atomic E-state index is -0.799. The third-order valence-corrected chi connectivity index (χ3v) is 5.70. The van der Waals surface area contributed by atoms with E-state index < -0.39 is 22.8 Å². The Balaban J connectivity index is 2.59. The molecule has 0 aromatic heterocycles. The molecular weight excluding hydrogens is 372 g/mol. The van der Waals surface area contributed by atoms with Crippen LogP contribution in [0.4, 0.5) is 0 Å². The van der Waals surface area contributed by atoms with Gasteiger partial charge in [-0.1, -0.05) is 19.3 Å². The van der Waals surface area contributed by atoms with E-state index in [9.17, 15) is 24.9 Å². The standard InChI is InChI=1S/C23H36O6/c1-22(2,20(26)27)12-8-5-6-10-16-14-18(24)19(25)15-17(16)11-7-9-13-23(3,4)21(28)29/h14-15,24-25H,5-13H2,1-4H3,(H,26,27)(H,28,29). The summed E-state index contributed by atoms with van der Waals surface area (Å²) in [6, 6.07) is 3.20. The van der Waals surface area contributed by atoms with E-state index in [1.54, 1.807) is 39.8 Å². The molecular formula is C23H36O6. The number of carbonyl (C=O) groups is 2. The Morgan fingerprint density at radius 2 is 1.03 bits per heavy atom. The number of carboxylic acids is 2. The van der Waals surface area contributed by atoms with Crippen LogP contribution in [0.5, 0.6) is 11.5 Å². The molecule has 164 valence electrons. The number of aliphatic carboxylic acids is 2. The maximum atomic E-state index is 11.2. The van der Waals surface area contributed by atoms with Crippen LogP contribution in [-0.4, -0.2) is 32.4 Å². The Bertz CT molecular complexity index is 706. The number of carboxylic acid groups (broad SMARTS) is 2. The first kappa shape index (κ1) is 24.8. The van der Waals surface area contributed by atoms with Gasteiger partial charge in [0.25, 0.3) is 0 Å². The molecule has 0 saturated carbocycles. The van der Waals surface area contributed by atoms with Gasteiger partial charge in [-0.25, -0.2) is 0 Å².